The average molecular weight is 169 g/mol. The van der Waals surface area contributed by atoms with E-state index in [0.29, 0.717) is 6.42 Å². The maximum Gasteiger partial charge on any atom is 0.118 e. The predicted molar refractivity (Wildman–Crippen MR) is 48.6 cm³/mol. The summed E-state index contributed by atoms with van der Waals surface area (Å²) in [5, 5.41) is 0. The third-order valence-electron chi connectivity index (χ3n) is 1.65. The number of ether oxygens (including phenoxy) is 2. The molecule has 0 fully saturated rings. The van der Waals surface area contributed by atoms with E-state index in [9.17, 15) is 0 Å². The Balaban J connectivity index is 2.38. The van der Waals surface area contributed by atoms with Crippen LogP contribution in [0.4, 0.5) is 0 Å². The van der Waals surface area contributed by atoms with Crippen molar-refractivity contribution in [2.24, 2.45) is 0 Å². The molecule has 0 aromatic heterocycles. The molecule has 2 nitrogen and oxygen atoms in total. The maximum atomic E-state index is 6.85. The van der Waals surface area contributed by atoms with Crippen LogP contribution < -0.4 is 4.74 Å². The summed E-state index contributed by atoms with van der Waals surface area (Å²) in [7, 11) is -0.695. The summed E-state index contributed by atoms with van der Waals surface area (Å²) in [6.07, 6.45) is 0.586. The second-order valence-electron chi connectivity index (χ2n) is 2.45. The molecule has 0 saturated carbocycles. The van der Waals surface area contributed by atoms with Gasteiger partial charge in [0.15, 0.2) is 0 Å². The third kappa shape index (κ3) is 2.55. The van der Waals surface area contributed by atoms with E-state index in [2.05, 4.69) is 4.74 Å². The van der Waals surface area contributed by atoms with Crippen molar-refractivity contribution in [3.63, 3.8) is 0 Å². The Morgan fingerprint density at radius 1 is 1.33 bits per heavy atom. The summed E-state index contributed by atoms with van der Waals surface area (Å²) in [6.45, 7) is 0.197. The molecule has 0 radical (unpaired) electrons. The molecule has 66 valence electrons. The van der Waals surface area contributed by atoms with E-state index in [1.165, 1.54) is 0 Å². The second kappa shape index (κ2) is 4.78. The predicted octanol–water partition coefficient (Wildman–Crippen LogP) is 1.88. The molecular weight excluding hydrogens is 152 g/mol. The van der Waals surface area contributed by atoms with Gasteiger partial charge in [-0.15, -0.1) is 0 Å². The van der Waals surface area contributed by atoms with Crippen molar-refractivity contribution in [1.82, 2.24) is 0 Å². The van der Waals surface area contributed by atoms with Gasteiger partial charge in [-0.3, -0.25) is 0 Å². The first-order valence-electron chi connectivity index (χ1n) is 5.28. The number of hydrogen-bond acceptors (Lipinski definition) is 2. The Labute approximate surface area is 77.3 Å². The zero-order valence-electron chi connectivity index (χ0n) is 10.0. The molecule has 0 N–H and O–H groups in total. The first-order valence-corrected chi connectivity index (χ1v) is 3.78. The number of hydrogen-bond donors (Lipinski definition) is 0. The summed E-state index contributed by atoms with van der Waals surface area (Å²) < 4.78 is 30.2. The van der Waals surface area contributed by atoms with Crippen molar-refractivity contribution >= 4 is 0 Å². The monoisotopic (exact) mass is 169 g/mol. The minimum Gasteiger partial charge on any atom is -0.497 e. The lowest BCUT2D eigenvalue weighted by atomic mass is 10.1. The van der Waals surface area contributed by atoms with Crippen LogP contribution in [0.2, 0.25) is 0 Å². The van der Waals surface area contributed by atoms with Gasteiger partial charge in [-0.25, -0.2) is 0 Å². The molecule has 0 aliphatic rings. The topological polar surface area (TPSA) is 18.5 Å². The molecule has 1 aromatic rings. The molecule has 1 aromatic carbocycles. The van der Waals surface area contributed by atoms with Crippen molar-refractivity contribution in [2.75, 3.05) is 20.8 Å². The normalized spacial score (nSPS) is 14.6. The van der Waals surface area contributed by atoms with Crippen LogP contribution >= 0.6 is 0 Å². The first kappa shape index (κ1) is 5.60. The van der Waals surface area contributed by atoms with E-state index < -0.39 is 7.04 Å². The van der Waals surface area contributed by atoms with Crippen LogP contribution in [0.3, 0.4) is 0 Å². The lowest BCUT2D eigenvalue weighted by molar-refractivity contribution is 0.202. The van der Waals surface area contributed by atoms with Crippen LogP contribution in [-0.2, 0) is 11.2 Å². The van der Waals surface area contributed by atoms with Gasteiger partial charge in [0.05, 0.1) is 17.8 Å². The van der Waals surface area contributed by atoms with Gasteiger partial charge in [0.1, 0.15) is 5.75 Å². The molecular formula is C10H14O2. The van der Waals surface area contributed by atoms with E-state index in [1.54, 1.807) is 7.11 Å². The maximum absolute atomic E-state index is 6.85. The highest BCUT2D eigenvalue weighted by molar-refractivity contribution is 5.27. The quantitative estimate of drug-likeness (QED) is 0.685. The van der Waals surface area contributed by atoms with Gasteiger partial charge in [0, 0.05) is 7.04 Å². The summed E-state index contributed by atoms with van der Waals surface area (Å²) in [6, 6.07) is 7.46. The van der Waals surface area contributed by atoms with Gasteiger partial charge in [0.25, 0.3) is 0 Å². The molecule has 12 heavy (non-hydrogen) atoms. The van der Waals surface area contributed by atoms with Gasteiger partial charge in [-0.05, 0) is 24.1 Å². The van der Waals surface area contributed by atoms with Crippen LogP contribution in [0.25, 0.3) is 0 Å². The summed E-state index contributed by atoms with van der Waals surface area (Å²) >= 11 is 0. The van der Waals surface area contributed by atoms with Gasteiger partial charge in [0.2, 0.25) is 0 Å². The summed E-state index contributed by atoms with van der Waals surface area (Å²) in [5.41, 5.74) is 1.03. The lowest BCUT2D eigenvalue weighted by Gasteiger charge is -2.02. The Hall–Kier alpha value is -1.02. The molecule has 1 rings (SSSR count). The molecule has 0 heterocycles. The average Bonchev–Trinajstić information content (AvgIpc) is 2.17. The fourth-order valence-corrected chi connectivity index (χ4v) is 0.961. The molecule has 0 unspecified atom stereocenters. The highest BCUT2D eigenvalue weighted by Crippen LogP contribution is 2.11. The summed E-state index contributed by atoms with van der Waals surface area (Å²) in [5.74, 6) is 0.787. The minimum absolute atomic E-state index is 0.197. The van der Waals surface area contributed by atoms with Crippen LogP contribution in [-0.4, -0.2) is 20.8 Å². The Morgan fingerprint density at radius 3 is 2.67 bits per heavy atom. The molecule has 0 aliphatic carbocycles. The van der Waals surface area contributed by atoms with Crippen molar-refractivity contribution in [3.05, 3.63) is 29.8 Å². The SMILES string of the molecule is [2H]C([2H])([2H])OCCc1ccc(OC)cc1. The molecule has 2 heteroatoms. The van der Waals surface area contributed by atoms with E-state index in [4.69, 9.17) is 8.85 Å². The molecule has 0 amide bonds. The Kier molecular flexibility index (Phi) is 2.23. The van der Waals surface area contributed by atoms with E-state index >= 15 is 0 Å². The highest BCUT2D eigenvalue weighted by atomic mass is 16.5. The fraction of sp³-hybridized carbons (Fsp3) is 0.400. The van der Waals surface area contributed by atoms with Gasteiger partial charge < -0.3 is 9.47 Å². The Bertz CT molecular complexity index is 293. The van der Waals surface area contributed by atoms with Crippen molar-refractivity contribution in [3.8, 4) is 5.75 Å². The molecule has 0 saturated heterocycles. The van der Waals surface area contributed by atoms with Crippen molar-refractivity contribution in [1.29, 1.82) is 0 Å². The Morgan fingerprint density at radius 2 is 2.08 bits per heavy atom. The lowest BCUT2D eigenvalue weighted by Crippen LogP contribution is -1.93. The molecule has 0 spiro atoms. The minimum atomic E-state index is -2.30. The van der Waals surface area contributed by atoms with Crippen LogP contribution in [0, 0.1) is 0 Å². The largest absolute Gasteiger partial charge is 0.497 e. The van der Waals surface area contributed by atoms with Gasteiger partial charge in [-0.2, -0.15) is 0 Å². The van der Waals surface area contributed by atoms with Crippen LogP contribution in [0.5, 0.6) is 5.75 Å². The zero-order valence-corrected chi connectivity index (χ0v) is 7.04. The third-order valence-corrected chi connectivity index (χ3v) is 1.65. The second-order valence-corrected chi connectivity index (χ2v) is 2.45. The van der Waals surface area contributed by atoms with Crippen LogP contribution in [0.1, 0.15) is 9.68 Å². The number of methoxy groups -OCH3 is 2. The van der Waals surface area contributed by atoms with E-state index in [0.717, 1.165) is 11.3 Å². The number of benzene rings is 1. The zero-order chi connectivity index (χ0) is 11.3. The van der Waals surface area contributed by atoms with Gasteiger partial charge >= 0.3 is 0 Å². The highest BCUT2D eigenvalue weighted by Gasteiger charge is 1.92. The van der Waals surface area contributed by atoms with Crippen LogP contribution in [0.15, 0.2) is 24.3 Å². The van der Waals surface area contributed by atoms with Crippen molar-refractivity contribution in [2.45, 2.75) is 6.42 Å². The number of rotatable bonds is 4. The summed E-state index contributed by atoms with van der Waals surface area (Å²) in [4.78, 5) is 0. The van der Waals surface area contributed by atoms with E-state index in [-0.39, 0.29) is 6.61 Å². The van der Waals surface area contributed by atoms with Gasteiger partial charge in [-0.1, -0.05) is 12.1 Å². The smallest absolute Gasteiger partial charge is 0.118 e. The molecule has 0 aliphatic heterocycles. The fourth-order valence-electron chi connectivity index (χ4n) is 0.961. The molecule has 0 atom stereocenters. The first-order chi connectivity index (χ1) is 7.01. The molecule has 0 bridgehead atoms. The van der Waals surface area contributed by atoms with E-state index in [1.807, 2.05) is 24.3 Å². The van der Waals surface area contributed by atoms with Crippen molar-refractivity contribution < 1.29 is 13.6 Å². The standard InChI is InChI=1S/C10H14O2/c1-11-8-7-9-3-5-10(12-2)6-4-9/h3-6H,7-8H2,1-2H3/i1D3.